The summed E-state index contributed by atoms with van der Waals surface area (Å²) in [6.45, 7) is 0.683. The second kappa shape index (κ2) is 6.51. The lowest BCUT2D eigenvalue weighted by Crippen LogP contribution is -2.41. The number of aliphatic hydroxyl groups excluding tert-OH is 1. The van der Waals surface area contributed by atoms with Crippen molar-refractivity contribution in [2.75, 3.05) is 13.2 Å². The molecule has 1 spiro atoms. The van der Waals surface area contributed by atoms with Crippen molar-refractivity contribution in [1.82, 2.24) is 0 Å². The first kappa shape index (κ1) is 14.4. The van der Waals surface area contributed by atoms with E-state index in [1.165, 1.54) is 25.7 Å². The van der Waals surface area contributed by atoms with Gasteiger partial charge in [0.15, 0.2) is 0 Å². The Balaban J connectivity index is 1.65. The van der Waals surface area contributed by atoms with Crippen LogP contribution in [0.25, 0.3) is 0 Å². The van der Waals surface area contributed by atoms with Gasteiger partial charge in [0.05, 0.1) is 12.2 Å². The van der Waals surface area contributed by atoms with Gasteiger partial charge in [-0.05, 0) is 31.0 Å². The fraction of sp³-hybridized carbons (Fsp3) is 0.556. The van der Waals surface area contributed by atoms with Crippen LogP contribution in [0.4, 0.5) is 0 Å². The summed E-state index contributed by atoms with van der Waals surface area (Å²) < 4.78 is 12.2. The highest BCUT2D eigenvalue weighted by Gasteiger charge is 2.40. The molecule has 0 amide bonds. The standard InChI is InChI=1S/C18H22O3/c19-11-4-6-15-5-3-7-16(13-15)21-17-8-12-20-18(14-17)9-1-2-10-18/h3,5,7,13,17,19H,1-2,8-12,14H2. The molecule has 2 aliphatic rings. The van der Waals surface area contributed by atoms with Crippen molar-refractivity contribution in [3.05, 3.63) is 29.8 Å². The second-order valence-corrected chi connectivity index (χ2v) is 5.96. The minimum atomic E-state index is -0.117. The fourth-order valence-corrected chi connectivity index (χ4v) is 3.43. The Morgan fingerprint density at radius 1 is 1.33 bits per heavy atom. The molecule has 1 aliphatic heterocycles. The molecule has 3 rings (SSSR count). The summed E-state index contributed by atoms with van der Waals surface area (Å²) in [4.78, 5) is 0. The Morgan fingerprint density at radius 3 is 3.00 bits per heavy atom. The van der Waals surface area contributed by atoms with Crippen molar-refractivity contribution < 1.29 is 14.6 Å². The molecule has 0 aromatic heterocycles. The van der Waals surface area contributed by atoms with Crippen LogP contribution in [0.1, 0.15) is 44.1 Å². The van der Waals surface area contributed by atoms with Gasteiger partial charge in [0.25, 0.3) is 0 Å². The van der Waals surface area contributed by atoms with Crippen LogP contribution in [0.15, 0.2) is 24.3 Å². The van der Waals surface area contributed by atoms with Crippen LogP contribution in [0.3, 0.4) is 0 Å². The van der Waals surface area contributed by atoms with E-state index in [1.54, 1.807) is 0 Å². The van der Waals surface area contributed by atoms with Crippen LogP contribution in [-0.4, -0.2) is 30.0 Å². The summed E-state index contributed by atoms with van der Waals surface area (Å²) in [5.74, 6) is 6.44. The molecular formula is C18H22O3. The SMILES string of the molecule is OCC#Cc1cccc(OC2CCOC3(CCCC3)C2)c1. The monoisotopic (exact) mass is 286 g/mol. The first-order valence-corrected chi connectivity index (χ1v) is 7.80. The molecule has 3 nitrogen and oxygen atoms in total. The predicted molar refractivity (Wildman–Crippen MR) is 81.2 cm³/mol. The van der Waals surface area contributed by atoms with Gasteiger partial charge >= 0.3 is 0 Å². The van der Waals surface area contributed by atoms with Crippen LogP contribution < -0.4 is 4.74 Å². The Kier molecular flexibility index (Phi) is 4.48. The highest BCUT2D eigenvalue weighted by Crippen LogP contribution is 2.40. The molecular weight excluding hydrogens is 264 g/mol. The van der Waals surface area contributed by atoms with E-state index in [0.29, 0.717) is 0 Å². The summed E-state index contributed by atoms with van der Waals surface area (Å²) in [6.07, 6.45) is 7.09. The summed E-state index contributed by atoms with van der Waals surface area (Å²) in [6, 6.07) is 7.79. The normalized spacial score (nSPS) is 23.6. The molecule has 3 heteroatoms. The van der Waals surface area contributed by atoms with Gasteiger partial charge in [0, 0.05) is 18.4 Å². The second-order valence-electron chi connectivity index (χ2n) is 5.96. The molecule has 2 fully saturated rings. The highest BCUT2D eigenvalue weighted by atomic mass is 16.5. The summed E-state index contributed by atoms with van der Waals surface area (Å²) in [7, 11) is 0. The van der Waals surface area contributed by atoms with E-state index in [0.717, 1.165) is 30.8 Å². The molecule has 21 heavy (non-hydrogen) atoms. The molecule has 1 unspecified atom stereocenters. The number of ether oxygens (including phenoxy) is 2. The Bertz CT molecular complexity index is 535. The average molecular weight is 286 g/mol. The molecule has 1 saturated carbocycles. The van der Waals surface area contributed by atoms with E-state index in [4.69, 9.17) is 14.6 Å². The van der Waals surface area contributed by atoms with Gasteiger partial charge in [-0.15, -0.1) is 0 Å². The van der Waals surface area contributed by atoms with Gasteiger partial charge in [-0.25, -0.2) is 0 Å². The van der Waals surface area contributed by atoms with Crippen LogP contribution in [-0.2, 0) is 4.74 Å². The lowest BCUT2D eigenvalue weighted by molar-refractivity contribution is -0.108. The first-order chi connectivity index (χ1) is 10.3. The maximum absolute atomic E-state index is 8.76. The van der Waals surface area contributed by atoms with Gasteiger partial charge in [-0.1, -0.05) is 30.7 Å². The molecule has 1 aromatic rings. The van der Waals surface area contributed by atoms with Gasteiger partial charge in [-0.2, -0.15) is 0 Å². The molecule has 1 heterocycles. The topological polar surface area (TPSA) is 38.7 Å². The van der Waals surface area contributed by atoms with E-state index < -0.39 is 0 Å². The Labute approximate surface area is 126 Å². The van der Waals surface area contributed by atoms with E-state index in [2.05, 4.69) is 11.8 Å². The van der Waals surface area contributed by atoms with Gasteiger partial charge in [-0.3, -0.25) is 0 Å². The van der Waals surface area contributed by atoms with Crippen LogP contribution in [0.2, 0.25) is 0 Å². The predicted octanol–water partition coefficient (Wildman–Crippen LogP) is 2.90. The molecule has 112 valence electrons. The van der Waals surface area contributed by atoms with Crippen LogP contribution in [0.5, 0.6) is 5.75 Å². The van der Waals surface area contributed by atoms with E-state index in [1.807, 2.05) is 24.3 Å². The van der Waals surface area contributed by atoms with E-state index in [9.17, 15) is 0 Å². The van der Waals surface area contributed by atoms with E-state index in [-0.39, 0.29) is 18.3 Å². The van der Waals surface area contributed by atoms with Crippen molar-refractivity contribution in [2.24, 2.45) is 0 Å². The summed E-state index contributed by atoms with van der Waals surface area (Å²) in [5, 5.41) is 8.76. The van der Waals surface area contributed by atoms with Crippen molar-refractivity contribution in [2.45, 2.75) is 50.2 Å². The molecule has 1 saturated heterocycles. The minimum Gasteiger partial charge on any atom is -0.490 e. The van der Waals surface area contributed by atoms with Crippen LogP contribution in [0, 0.1) is 11.8 Å². The van der Waals surface area contributed by atoms with Crippen molar-refractivity contribution in [3.8, 4) is 17.6 Å². The molecule has 0 radical (unpaired) electrons. The van der Waals surface area contributed by atoms with Crippen molar-refractivity contribution in [1.29, 1.82) is 0 Å². The lowest BCUT2D eigenvalue weighted by atomic mass is 9.90. The zero-order valence-electron chi connectivity index (χ0n) is 12.3. The Morgan fingerprint density at radius 2 is 2.19 bits per heavy atom. The molecule has 1 N–H and O–H groups in total. The quantitative estimate of drug-likeness (QED) is 0.850. The summed E-state index contributed by atoms with van der Waals surface area (Å²) >= 11 is 0. The first-order valence-electron chi connectivity index (χ1n) is 7.80. The third-order valence-corrected chi connectivity index (χ3v) is 4.41. The Hall–Kier alpha value is -1.50. The number of hydrogen-bond donors (Lipinski definition) is 1. The highest BCUT2D eigenvalue weighted by molar-refractivity contribution is 5.39. The third kappa shape index (κ3) is 3.58. The minimum absolute atomic E-state index is 0.0806. The third-order valence-electron chi connectivity index (χ3n) is 4.41. The van der Waals surface area contributed by atoms with Gasteiger partial charge in [0.1, 0.15) is 18.5 Å². The average Bonchev–Trinajstić information content (AvgIpc) is 2.93. The zero-order valence-corrected chi connectivity index (χ0v) is 12.3. The number of benzene rings is 1. The number of aliphatic hydroxyl groups is 1. The van der Waals surface area contributed by atoms with Crippen molar-refractivity contribution in [3.63, 3.8) is 0 Å². The molecule has 1 aromatic carbocycles. The number of rotatable bonds is 2. The number of hydrogen-bond acceptors (Lipinski definition) is 3. The van der Waals surface area contributed by atoms with Gasteiger partial charge < -0.3 is 14.6 Å². The summed E-state index contributed by atoms with van der Waals surface area (Å²) in [5.41, 5.74) is 0.959. The fourth-order valence-electron chi connectivity index (χ4n) is 3.43. The van der Waals surface area contributed by atoms with Crippen molar-refractivity contribution >= 4 is 0 Å². The largest absolute Gasteiger partial charge is 0.490 e. The maximum Gasteiger partial charge on any atom is 0.120 e. The molecule has 1 atom stereocenters. The molecule has 1 aliphatic carbocycles. The van der Waals surface area contributed by atoms with Gasteiger partial charge in [0.2, 0.25) is 0 Å². The molecule has 0 bridgehead atoms. The smallest absolute Gasteiger partial charge is 0.120 e. The lowest BCUT2D eigenvalue weighted by Gasteiger charge is -2.38. The van der Waals surface area contributed by atoms with Crippen LogP contribution >= 0.6 is 0 Å². The zero-order chi connectivity index (χ0) is 14.5. The maximum atomic E-state index is 8.76. The van der Waals surface area contributed by atoms with E-state index >= 15 is 0 Å².